The number of rotatable bonds is 5. The van der Waals surface area contributed by atoms with Gasteiger partial charge in [-0.05, 0) is 61.2 Å². The van der Waals surface area contributed by atoms with Crippen LogP contribution in [0.3, 0.4) is 0 Å². The summed E-state index contributed by atoms with van der Waals surface area (Å²) in [5.74, 6) is 0.688. The van der Waals surface area contributed by atoms with E-state index in [1.165, 1.54) is 42.6 Å². The Morgan fingerprint density at radius 1 is 1.09 bits per heavy atom. The van der Waals surface area contributed by atoms with Crippen molar-refractivity contribution < 1.29 is 0 Å². The molecule has 0 spiro atoms. The lowest BCUT2D eigenvalue weighted by Gasteiger charge is -2.32. The maximum absolute atomic E-state index is 4.04. The molecule has 2 aliphatic rings. The molecule has 1 aliphatic carbocycles. The van der Waals surface area contributed by atoms with Gasteiger partial charge >= 0.3 is 0 Å². The van der Waals surface area contributed by atoms with Crippen molar-refractivity contribution in [3.8, 4) is 0 Å². The van der Waals surface area contributed by atoms with Crippen LogP contribution < -0.4 is 9.62 Å². The van der Waals surface area contributed by atoms with Crippen LogP contribution in [0.2, 0.25) is 0 Å². The molecule has 1 aromatic heterocycles. The lowest BCUT2D eigenvalue weighted by Crippen LogP contribution is -2.32. The molecule has 0 amide bonds. The molecule has 2 N–H and O–H groups in total. The van der Waals surface area contributed by atoms with Gasteiger partial charge in [-0.15, -0.1) is 0 Å². The van der Waals surface area contributed by atoms with E-state index in [9.17, 15) is 0 Å². The van der Waals surface area contributed by atoms with E-state index in [2.05, 4.69) is 44.1 Å². The zero-order valence-electron chi connectivity index (χ0n) is 12.7. The Labute approximate surface area is 135 Å². The number of piperidine rings is 1. The average molecular weight is 314 g/mol. The van der Waals surface area contributed by atoms with Crippen molar-refractivity contribution >= 4 is 23.3 Å². The molecule has 1 saturated heterocycles. The van der Waals surface area contributed by atoms with Gasteiger partial charge in [-0.25, -0.2) is 0 Å². The zero-order chi connectivity index (χ0) is 14.8. The number of anilines is 2. The molecular formula is C17H22N4S. The Hall–Kier alpha value is -1.62. The molecule has 2 fully saturated rings. The summed E-state index contributed by atoms with van der Waals surface area (Å²) < 4.78 is 3.46. The molecule has 4 nitrogen and oxygen atoms in total. The average Bonchev–Trinajstić information content (AvgIpc) is 3.25. The van der Waals surface area contributed by atoms with Crippen LogP contribution in [0.25, 0.3) is 0 Å². The summed E-state index contributed by atoms with van der Waals surface area (Å²) in [7, 11) is 0. The number of aromatic amines is 1. The van der Waals surface area contributed by atoms with Crippen LogP contribution in [0.5, 0.6) is 0 Å². The Balaban J connectivity index is 1.32. The standard InChI is InChI=1S/C17H22N4S/c1-3-15(20-22-17-5-6-17)4-2-13(1)14-7-9-21(10-8-14)16-11-18-19-12-16/h1-4,11-12,14,17,20H,5-10H2,(H,18,19). The second kappa shape index (κ2) is 6.24. The number of hydrogen-bond acceptors (Lipinski definition) is 4. The van der Waals surface area contributed by atoms with Gasteiger partial charge in [-0.3, -0.25) is 5.10 Å². The van der Waals surface area contributed by atoms with E-state index < -0.39 is 0 Å². The molecule has 0 atom stereocenters. The minimum atomic E-state index is 0.688. The summed E-state index contributed by atoms with van der Waals surface area (Å²) in [4.78, 5) is 2.42. The van der Waals surface area contributed by atoms with E-state index in [1.807, 2.05) is 24.3 Å². The van der Waals surface area contributed by atoms with Gasteiger partial charge in [-0.1, -0.05) is 12.1 Å². The van der Waals surface area contributed by atoms with Gasteiger partial charge < -0.3 is 9.62 Å². The van der Waals surface area contributed by atoms with E-state index in [1.54, 1.807) is 0 Å². The van der Waals surface area contributed by atoms with Crippen molar-refractivity contribution in [3.63, 3.8) is 0 Å². The highest BCUT2D eigenvalue weighted by Gasteiger charge is 2.23. The third kappa shape index (κ3) is 3.24. The van der Waals surface area contributed by atoms with E-state index >= 15 is 0 Å². The van der Waals surface area contributed by atoms with Gasteiger partial charge in [0, 0.05) is 30.2 Å². The van der Waals surface area contributed by atoms with Crippen LogP contribution in [0.1, 0.15) is 37.2 Å². The number of nitrogens with zero attached hydrogens (tertiary/aromatic N) is 2. The topological polar surface area (TPSA) is 44.0 Å². The third-order valence-corrected chi connectivity index (χ3v) is 5.75. The lowest BCUT2D eigenvalue weighted by atomic mass is 9.89. The summed E-state index contributed by atoms with van der Waals surface area (Å²) >= 11 is 1.87. The SMILES string of the molecule is c1cc(C2CCN(c3cn[nH]c3)CC2)ccc1NSC1CC1. The fraction of sp³-hybridized carbons (Fsp3) is 0.471. The molecule has 0 unspecified atom stereocenters. The van der Waals surface area contributed by atoms with Crippen molar-refractivity contribution in [2.24, 2.45) is 0 Å². The Morgan fingerprint density at radius 2 is 1.86 bits per heavy atom. The Morgan fingerprint density at radius 3 is 2.50 bits per heavy atom. The van der Waals surface area contributed by atoms with Gasteiger partial charge in [0.25, 0.3) is 0 Å². The first-order valence-corrected chi connectivity index (χ1v) is 9.02. The summed E-state index contributed by atoms with van der Waals surface area (Å²) in [5, 5.41) is 7.78. The van der Waals surface area contributed by atoms with E-state index in [-0.39, 0.29) is 0 Å². The molecule has 0 radical (unpaired) electrons. The molecule has 2 heterocycles. The molecule has 1 aromatic carbocycles. The number of aromatic nitrogens is 2. The van der Waals surface area contributed by atoms with Crippen molar-refractivity contribution in [1.29, 1.82) is 0 Å². The van der Waals surface area contributed by atoms with Gasteiger partial charge in [0.15, 0.2) is 0 Å². The summed E-state index contributed by atoms with van der Waals surface area (Å²) in [5.41, 5.74) is 3.93. The Bertz CT molecular complexity index is 584. The molecular weight excluding hydrogens is 292 g/mol. The van der Waals surface area contributed by atoms with Crippen LogP contribution in [0.4, 0.5) is 11.4 Å². The summed E-state index contributed by atoms with van der Waals surface area (Å²) in [6, 6.07) is 9.06. The molecule has 1 aliphatic heterocycles. The van der Waals surface area contributed by atoms with Gasteiger partial charge in [0.2, 0.25) is 0 Å². The van der Waals surface area contributed by atoms with Crippen LogP contribution in [0, 0.1) is 0 Å². The highest BCUT2D eigenvalue weighted by atomic mass is 32.2. The first kappa shape index (κ1) is 14.0. The fourth-order valence-electron chi connectivity index (χ4n) is 3.05. The monoisotopic (exact) mass is 314 g/mol. The van der Waals surface area contributed by atoms with Crippen molar-refractivity contribution in [3.05, 3.63) is 42.2 Å². The van der Waals surface area contributed by atoms with Gasteiger partial charge in [-0.2, -0.15) is 5.10 Å². The predicted molar refractivity (Wildman–Crippen MR) is 93.5 cm³/mol. The van der Waals surface area contributed by atoms with Crippen molar-refractivity contribution in [2.45, 2.75) is 36.9 Å². The molecule has 1 saturated carbocycles. The molecule has 2 aromatic rings. The predicted octanol–water partition coefficient (Wildman–Crippen LogP) is 4.02. The molecule has 22 heavy (non-hydrogen) atoms. The van der Waals surface area contributed by atoms with Crippen LogP contribution in [0.15, 0.2) is 36.7 Å². The van der Waals surface area contributed by atoms with Gasteiger partial charge in [0.1, 0.15) is 0 Å². The minimum Gasteiger partial charge on any atom is -0.369 e. The second-order valence-corrected chi connectivity index (χ2v) is 7.37. The highest BCUT2D eigenvalue weighted by molar-refractivity contribution is 8.01. The first-order valence-electron chi connectivity index (χ1n) is 8.14. The zero-order valence-corrected chi connectivity index (χ0v) is 13.5. The minimum absolute atomic E-state index is 0.688. The molecule has 116 valence electrons. The molecule has 5 heteroatoms. The normalized spacial score (nSPS) is 19.4. The highest BCUT2D eigenvalue weighted by Crippen LogP contribution is 2.35. The van der Waals surface area contributed by atoms with Crippen LogP contribution in [-0.4, -0.2) is 28.5 Å². The number of nitrogens with one attached hydrogen (secondary N) is 2. The first-order chi connectivity index (χ1) is 10.9. The third-order valence-electron chi connectivity index (χ3n) is 4.59. The number of benzene rings is 1. The van der Waals surface area contributed by atoms with E-state index in [0.717, 1.165) is 18.3 Å². The smallest absolute Gasteiger partial charge is 0.0749 e. The lowest BCUT2D eigenvalue weighted by molar-refractivity contribution is 0.505. The quantitative estimate of drug-likeness (QED) is 0.818. The maximum Gasteiger partial charge on any atom is 0.0749 e. The van der Waals surface area contributed by atoms with Crippen molar-refractivity contribution in [1.82, 2.24) is 10.2 Å². The van der Waals surface area contributed by atoms with Crippen LogP contribution in [-0.2, 0) is 0 Å². The Kier molecular flexibility index (Phi) is 3.97. The van der Waals surface area contributed by atoms with Gasteiger partial charge in [0.05, 0.1) is 11.9 Å². The number of hydrogen-bond donors (Lipinski definition) is 2. The largest absolute Gasteiger partial charge is 0.369 e. The second-order valence-electron chi connectivity index (χ2n) is 6.26. The van der Waals surface area contributed by atoms with Crippen molar-refractivity contribution in [2.75, 3.05) is 22.7 Å². The summed E-state index contributed by atoms with van der Waals surface area (Å²) in [6.07, 6.45) is 9.07. The molecule has 0 bridgehead atoms. The summed E-state index contributed by atoms with van der Waals surface area (Å²) in [6.45, 7) is 2.23. The van der Waals surface area contributed by atoms with E-state index in [0.29, 0.717) is 5.92 Å². The molecule has 4 rings (SSSR count). The fourth-order valence-corrected chi connectivity index (χ4v) is 3.86. The number of H-pyrrole nitrogens is 1. The van der Waals surface area contributed by atoms with E-state index in [4.69, 9.17) is 0 Å². The maximum atomic E-state index is 4.04. The van der Waals surface area contributed by atoms with Crippen LogP contribution >= 0.6 is 11.9 Å².